The molecule has 0 aliphatic rings. The van der Waals surface area contributed by atoms with E-state index in [0.717, 1.165) is 6.07 Å². The van der Waals surface area contributed by atoms with Gasteiger partial charge in [0.25, 0.3) is 11.8 Å². The number of hydrogen-bond acceptors (Lipinski definition) is 4. The average molecular weight is 395 g/mol. The number of ether oxygens (including phenoxy) is 1. The van der Waals surface area contributed by atoms with E-state index in [-0.39, 0.29) is 42.8 Å². The molecule has 0 radical (unpaired) electrons. The first-order valence-corrected chi connectivity index (χ1v) is 8.69. The van der Waals surface area contributed by atoms with Crippen LogP contribution in [0.2, 0.25) is 5.02 Å². The number of aliphatic hydroxyl groups is 1. The Morgan fingerprint density at radius 2 is 1.89 bits per heavy atom. The maximum atomic E-state index is 13.3. The second-order valence-corrected chi connectivity index (χ2v) is 6.14. The van der Waals surface area contributed by atoms with Gasteiger partial charge in [-0.15, -0.1) is 0 Å². The van der Waals surface area contributed by atoms with Crippen LogP contribution in [0.1, 0.15) is 16.8 Å². The Morgan fingerprint density at radius 3 is 2.59 bits per heavy atom. The van der Waals surface area contributed by atoms with E-state index in [0.29, 0.717) is 5.56 Å². The summed E-state index contributed by atoms with van der Waals surface area (Å²) in [6.45, 7) is -0.00833. The first-order chi connectivity index (χ1) is 13.0. The van der Waals surface area contributed by atoms with Crippen LogP contribution in [-0.2, 0) is 4.79 Å². The molecule has 0 saturated heterocycles. The van der Waals surface area contributed by atoms with Gasteiger partial charge in [-0.3, -0.25) is 9.59 Å². The van der Waals surface area contributed by atoms with Gasteiger partial charge in [-0.05, 0) is 30.7 Å². The topological polar surface area (TPSA) is 87.7 Å². The summed E-state index contributed by atoms with van der Waals surface area (Å²) < 4.78 is 18.4. The molecular formula is C19H20ClFN2O4. The third-order valence-corrected chi connectivity index (χ3v) is 3.90. The lowest BCUT2D eigenvalue weighted by Crippen LogP contribution is -2.36. The third-order valence-electron chi connectivity index (χ3n) is 3.59. The normalized spacial score (nSPS) is 11.5. The lowest BCUT2D eigenvalue weighted by Gasteiger charge is -2.13. The van der Waals surface area contributed by atoms with Gasteiger partial charge in [-0.25, -0.2) is 4.39 Å². The number of aliphatic hydroxyl groups excluding tert-OH is 1. The molecule has 0 unspecified atom stereocenters. The Morgan fingerprint density at radius 1 is 1.15 bits per heavy atom. The van der Waals surface area contributed by atoms with Crippen LogP contribution in [0.4, 0.5) is 4.39 Å². The number of halogens is 2. The first kappa shape index (κ1) is 20.7. The molecule has 0 aromatic heterocycles. The fourth-order valence-corrected chi connectivity index (χ4v) is 2.27. The summed E-state index contributed by atoms with van der Waals surface area (Å²) in [4.78, 5) is 23.5. The number of benzene rings is 2. The first-order valence-electron chi connectivity index (χ1n) is 8.31. The molecule has 1 atom stereocenters. The highest BCUT2D eigenvalue weighted by Gasteiger charge is 2.10. The summed E-state index contributed by atoms with van der Waals surface area (Å²) in [7, 11) is 0. The molecule has 6 nitrogen and oxygen atoms in total. The molecule has 0 aliphatic carbocycles. The Bertz CT molecular complexity index is 774. The SMILES string of the molecule is O=C(COc1ccc(Cl)c(F)c1)NCC[C@H](O)CNC(=O)c1ccccc1. The number of amides is 2. The standard InChI is InChI=1S/C19H20ClFN2O4/c20-16-7-6-15(10-17(16)21)27-12-18(25)22-9-8-14(24)11-23-19(26)13-4-2-1-3-5-13/h1-7,10,14,24H,8-9,11-12H2,(H,22,25)(H,23,26)/t14-/m0/s1. The second-order valence-electron chi connectivity index (χ2n) is 5.73. The van der Waals surface area contributed by atoms with E-state index in [1.807, 2.05) is 0 Å². The van der Waals surface area contributed by atoms with Crippen molar-refractivity contribution in [3.63, 3.8) is 0 Å². The summed E-state index contributed by atoms with van der Waals surface area (Å²) in [6, 6.07) is 12.5. The fraction of sp³-hybridized carbons (Fsp3) is 0.263. The Labute approximate surface area is 161 Å². The molecule has 2 aromatic rings. The van der Waals surface area contributed by atoms with Crippen LogP contribution in [0, 0.1) is 5.82 Å². The number of hydrogen-bond donors (Lipinski definition) is 3. The molecule has 2 rings (SSSR count). The van der Waals surface area contributed by atoms with Crippen molar-refractivity contribution in [1.29, 1.82) is 0 Å². The number of carbonyl (C=O) groups is 2. The second kappa shape index (κ2) is 10.5. The summed E-state index contributed by atoms with van der Waals surface area (Å²) in [5.74, 6) is -1.13. The van der Waals surface area contributed by atoms with Crippen molar-refractivity contribution in [2.45, 2.75) is 12.5 Å². The van der Waals surface area contributed by atoms with Crippen LogP contribution in [0.5, 0.6) is 5.75 Å². The van der Waals surface area contributed by atoms with Gasteiger partial charge < -0.3 is 20.5 Å². The summed E-state index contributed by atoms with van der Waals surface area (Å²) in [5, 5.41) is 15.0. The highest BCUT2D eigenvalue weighted by Crippen LogP contribution is 2.20. The molecule has 0 spiro atoms. The molecule has 2 aromatic carbocycles. The van der Waals surface area contributed by atoms with E-state index in [2.05, 4.69) is 10.6 Å². The van der Waals surface area contributed by atoms with Crippen molar-refractivity contribution >= 4 is 23.4 Å². The largest absolute Gasteiger partial charge is 0.484 e. The molecule has 0 heterocycles. The van der Waals surface area contributed by atoms with Gasteiger partial charge in [-0.1, -0.05) is 29.8 Å². The third kappa shape index (κ3) is 7.24. The van der Waals surface area contributed by atoms with E-state index in [4.69, 9.17) is 16.3 Å². The highest BCUT2D eigenvalue weighted by molar-refractivity contribution is 6.30. The Kier molecular flexibility index (Phi) is 8.03. The van der Waals surface area contributed by atoms with Crippen molar-refractivity contribution < 1.29 is 23.8 Å². The van der Waals surface area contributed by atoms with Crippen molar-refractivity contribution in [3.05, 3.63) is 64.9 Å². The zero-order chi connectivity index (χ0) is 19.6. The summed E-state index contributed by atoms with van der Waals surface area (Å²) >= 11 is 5.56. The van der Waals surface area contributed by atoms with E-state index in [1.165, 1.54) is 12.1 Å². The van der Waals surface area contributed by atoms with Gasteiger partial charge in [-0.2, -0.15) is 0 Å². The van der Waals surface area contributed by atoms with Gasteiger partial charge in [0.05, 0.1) is 11.1 Å². The minimum absolute atomic E-state index is 0.0276. The molecule has 0 aliphatic heterocycles. The molecule has 0 saturated carbocycles. The van der Waals surface area contributed by atoms with E-state index in [1.54, 1.807) is 30.3 Å². The van der Waals surface area contributed by atoms with Crippen molar-refractivity contribution in [1.82, 2.24) is 10.6 Å². The minimum atomic E-state index is -0.802. The number of rotatable bonds is 9. The van der Waals surface area contributed by atoms with Gasteiger partial charge in [0.2, 0.25) is 0 Å². The van der Waals surface area contributed by atoms with Crippen molar-refractivity contribution in [3.8, 4) is 5.75 Å². The lowest BCUT2D eigenvalue weighted by molar-refractivity contribution is -0.123. The van der Waals surface area contributed by atoms with Crippen LogP contribution in [0.15, 0.2) is 48.5 Å². The van der Waals surface area contributed by atoms with E-state index < -0.39 is 17.8 Å². The van der Waals surface area contributed by atoms with Crippen molar-refractivity contribution in [2.24, 2.45) is 0 Å². The van der Waals surface area contributed by atoms with Gasteiger partial charge in [0, 0.05) is 24.7 Å². The number of carbonyl (C=O) groups excluding carboxylic acids is 2. The summed E-state index contributed by atoms with van der Waals surface area (Å²) in [6.07, 6.45) is -0.541. The average Bonchev–Trinajstić information content (AvgIpc) is 2.67. The quantitative estimate of drug-likeness (QED) is 0.608. The van der Waals surface area contributed by atoms with Gasteiger partial charge >= 0.3 is 0 Å². The fourth-order valence-electron chi connectivity index (χ4n) is 2.15. The van der Waals surface area contributed by atoms with Crippen LogP contribution in [0.3, 0.4) is 0 Å². The molecule has 0 fully saturated rings. The molecule has 0 bridgehead atoms. The van der Waals surface area contributed by atoms with Crippen LogP contribution < -0.4 is 15.4 Å². The van der Waals surface area contributed by atoms with Crippen LogP contribution in [-0.4, -0.2) is 42.7 Å². The van der Waals surface area contributed by atoms with E-state index >= 15 is 0 Å². The molecule has 27 heavy (non-hydrogen) atoms. The molecule has 8 heteroatoms. The Balaban J connectivity index is 1.61. The highest BCUT2D eigenvalue weighted by atomic mass is 35.5. The zero-order valence-electron chi connectivity index (χ0n) is 14.5. The molecule has 144 valence electrons. The van der Waals surface area contributed by atoms with E-state index in [9.17, 15) is 19.1 Å². The predicted octanol–water partition coefficient (Wildman–Crippen LogP) is 2.16. The maximum Gasteiger partial charge on any atom is 0.257 e. The van der Waals surface area contributed by atoms with Crippen LogP contribution in [0.25, 0.3) is 0 Å². The molecule has 3 N–H and O–H groups in total. The monoisotopic (exact) mass is 394 g/mol. The maximum absolute atomic E-state index is 13.3. The molecule has 2 amide bonds. The predicted molar refractivity (Wildman–Crippen MR) is 99.3 cm³/mol. The Hall–Kier alpha value is -2.64. The number of nitrogens with one attached hydrogen (secondary N) is 2. The van der Waals surface area contributed by atoms with Gasteiger partial charge in [0.1, 0.15) is 11.6 Å². The minimum Gasteiger partial charge on any atom is -0.484 e. The smallest absolute Gasteiger partial charge is 0.257 e. The van der Waals surface area contributed by atoms with Crippen LogP contribution >= 0.6 is 11.6 Å². The lowest BCUT2D eigenvalue weighted by atomic mass is 10.2. The van der Waals surface area contributed by atoms with Gasteiger partial charge in [0.15, 0.2) is 6.61 Å². The molecular weight excluding hydrogens is 375 g/mol. The van der Waals surface area contributed by atoms with Crippen molar-refractivity contribution in [2.75, 3.05) is 19.7 Å². The summed E-state index contributed by atoms with van der Waals surface area (Å²) in [5.41, 5.74) is 0.508. The zero-order valence-corrected chi connectivity index (χ0v) is 15.2.